The summed E-state index contributed by atoms with van der Waals surface area (Å²) in [6, 6.07) is 3.45. The maximum atomic E-state index is 14.1. The minimum Gasteiger partial charge on any atom is -0.496 e. The Morgan fingerprint density at radius 1 is 1.43 bits per heavy atom. The number of aliphatic carboxylic acids is 1. The van der Waals surface area contributed by atoms with Crippen LogP contribution in [0.1, 0.15) is 16.8 Å². The smallest absolute Gasteiger partial charge is 0.343 e. The van der Waals surface area contributed by atoms with Gasteiger partial charge in [-0.3, -0.25) is 4.79 Å². The number of carboxylic acids is 1. The highest BCUT2D eigenvalue weighted by atomic mass is 32.2. The van der Waals surface area contributed by atoms with E-state index in [9.17, 15) is 22.4 Å². The Morgan fingerprint density at radius 3 is 2.57 bits per heavy atom. The Kier molecular flexibility index (Phi) is 4.31. The first-order chi connectivity index (χ1) is 10.6. The molecule has 8 nitrogen and oxygen atoms in total. The van der Waals surface area contributed by atoms with Crippen molar-refractivity contribution in [1.82, 2.24) is 4.90 Å². The number of carbonyl (C=O) groups is 2. The van der Waals surface area contributed by atoms with Crippen LogP contribution in [0.5, 0.6) is 5.75 Å². The summed E-state index contributed by atoms with van der Waals surface area (Å²) < 4.78 is 41.9. The third-order valence-electron chi connectivity index (χ3n) is 3.62. The van der Waals surface area contributed by atoms with Crippen LogP contribution in [0.3, 0.4) is 0 Å². The fourth-order valence-corrected chi connectivity index (χ4v) is 2.86. The molecule has 1 amide bonds. The third-order valence-corrected chi connectivity index (χ3v) is 4.53. The summed E-state index contributed by atoms with van der Waals surface area (Å²) in [5, 5.41) is 13.9. The number of sulfonamides is 1. The summed E-state index contributed by atoms with van der Waals surface area (Å²) in [4.78, 5) is 24.1. The zero-order chi connectivity index (χ0) is 17.4. The minimum atomic E-state index is -4.04. The van der Waals surface area contributed by atoms with Crippen molar-refractivity contribution >= 4 is 21.9 Å². The van der Waals surface area contributed by atoms with Crippen LogP contribution in [0, 0.1) is 0 Å². The number of carboxylic acid groups (broad SMARTS) is 1. The normalized spacial score (nSPS) is 21.3. The van der Waals surface area contributed by atoms with Crippen molar-refractivity contribution in [2.75, 3.05) is 20.2 Å². The molecule has 1 aliphatic heterocycles. The molecule has 1 aromatic rings. The number of hydrogen-bond acceptors (Lipinski definition) is 5. The highest BCUT2D eigenvalue weighted by molar-refractivity contribution is 7.89. The average Bonchev–Trinajstić information content (AvgIpc) is 2.89. The first kappa shape index (κ1) is 17.2. The van der Waals surface area contributed by atoms with E-state index in [4.69, 9.17) is 15.0 Å². The number of methoxy groups -OCH3 is 1. The van der Waals surface area contributed by atoms with E-state index in [-0.39, 0.29) is 29.2 Å². The quantitative estimate of drug-likeness (QED) is 0.789. The van der Waals surface area contributed by atoms with E-state index in [1.54, 1.807) is 0 Å². The van der Waals surface area contributed by atoms with Crippen LogP contribution in [0.25, 0.3) is 0 Å². The monoisotopic (exact) mass is 346 g/mol. The molecule has 1 unspecified atom stereocenters. The number of hydrogen-bond donors (Lipinski definition) is 2. The molecule has 0 aliphatic carbocycles. The molecular weight excluding hydrogens is 331 g/mol. The minimum absolute atomic E-state index is 0.0779. The Balaban J connectivity index is 2.38. The number of nitrogens with two attached hydrogens (primary N) is 1. The van der Waals surface area contributed by atoms with Crippen LogP contribution in [0.2, 0.25) is 0 Å². The molecule has 0 radical (unpaired) electrons. The van der Waals surface area contributed by atoms with Crippen LogP contribution >= 0.6 is 0 Å². The first-order valence-corrected chi connectivity index (χ1v) is 8.05. The molecule has 1 aromatic carbocycles. The molecule has 23 heavy (non-hydrogen) atoms. The van der Waals surface area contributed by atoms with Crippen LogP contribution in [0.4, 0.5) is 4.39 Å². The van der Waals surface area contributed by atoms with Gasteiger partial charge in [-0.15, -0.1) is 0 Å². The van der Waals surface area contributed by atoms with E-state index >= 15 is 0 Å². The summed E-state index contributed by atoms with van der Waals surface area (Å²) in [7, 11) is -2.76. The van der Waals surface area contributed by atoms with Crippen LogP contribution in [-0.4, -0.2) is 56.2 Å². The molecule has 0 aromatic heterocycles. The molecule has 1 heterocycles. The van der Waals surface area contributed by atoms with Gasteiger partial charge in [0.2, 0.25) is 15.7 Å². The van der Waals surface area contributed by atoms with Gasteiger partial charge in [-0.25, -0.2) is 22.7 Å². The van der Waals surface area contributed by atoms with Crippen LogP contribution in [-0.2, 0) is 14.8 Å². The van der Waals surface area contributed by atoms with Gasteiger partial charge < -0.3 is 14.7 Å². The standard InChI is InChI=1S/C13H15FN2O6S/c1-22-10-3-2-8(23(15,20)21)6-9(10)11(17)16-5-4-13(14,7-16)12(18)19/h2-3,6H,4-5,7H2,1H3,(H,18,19)(H2,15,20,21). The fraction of sp³-hybridized carbons (Fsp3) is 0.385. The molecule has 10 heteroatoms. The molecule has 1 atom stereocenters. The van der Waals surface area contributed by atoms with Crippen molar-refractivity contribution in [3.05, 3.63) is 23.8 Å². The van der Waals surface area contributed by atoms with Gasteiger partial charge >= 0.3 is 5.97 Å². The number of rotatable bonds is 4. The summed E-state index contributed by atoms with van der Waals surface area (Å²) in [5.41, 5.74) is -2.64. The Morgan fingerprint density at radius 2 is 2.09 bits per heavy atom. The number of carbonyl (C=O) groups excluding carboxylic acids is 1. The number of nitrogens with zero attached hydrogens (tertiary/aromatic N) is 1. The van der Waals surface area contributed by atoms with Gasteiger partial charge in [-0.1, -0.05) is 0 Å². The second-order valence-electron chi connectivity index (χ2n) is 5.15. The lowest BCUT2D eigenvalue weighted by molar-refractivity contribution is -0.149. The molecule has 3 N–H and O–H groups in total. The van der Waals surface area contributed by atoms with Gasteiger partial charge in [0.05, 0.1) is 24.1 Å². The molecule has 1 aliphatic rings. The number of ether oxygens (including phenoxy) is 1. The lowest BCUT2D eigenvalue weighted by Crippen LogP contribution is -2.39. The van der Waals surface area contributed by atoms with Crippen molar-refractivity contribution in [2.45, 2.75) is 17.0 Å². The Bertz CT molecular complexity index is 766. The van der Waals surface area contributed by atoms with Crippen molar-refractivity contribution in [3.63, 3.8) is 0 Å². The topological polar surface area (TPSA) is 127 Å². The fourth-order valence-electron chi connectivity index (χ4n) is 2.32. The summed E-state index contributed by atoms with van der Waals surface area (Å²) >= 11 is 0. The number of benzene rings is 1. The molecule has 126 valence electrons. The highest BCUT2D eigenvalue weighted by Crippen LogP contribution is 2.30. The first-order valence-electron chi connectivity index (χ1n) is 6.51. The maximum absolute atomic E-state index is 14.1. The lowest BCUT2D eigenvalue weighted by atomic mass is 10.1. The number of amides is 1. The molecule has 0 spiro atoms. The Hall–Kier alpha value is -2.20. The number of alkyl halides is 1. The van der Waals surface area contributed by atoms with Gasteiger partial charge in [-0.2, -0.15) is 0 Å². The summed E-state index contributed by atoms with van der Waals surface area (Å²) in [6.45, 7) is -0.728. The second kappa shape index (κ2) is 5.78. The van der Waals surface area contributed by atoms with Gasteiger partial charge in [0.15, 0.2) is 0 Å². The van der Waals surface area contributed by atoms with Gasteiger partial charge in [0.1, 0.15) is 5.75 Å². The van der Waals surface area contributed by atoms with Gasteiger partial charge in [-0.05, 0) is 18.2 Å². The molecule has 0 saturated carbocycles. The number of likely N-dealkylation sites (tertiary alicyclic amines) is 1. The molecule has 0 bridgehead atoms. The Labute approximate surface area is 131 Å². The lowest BCUT2D eigenvalue weighted by Gasteiger charge is -2.19. The van der Waals surface area contributed by atoms with E-state index in [2.05, 4.69) is 0 Å². The number of primary sulfonamides is 1. The maximum Gasteiger partial charge on any atom is 0.343 e. The van der Waals surface area contributed by atoms with Crippen molar-refractivity contribution in [2.24, 2.45) is 5.14 Å². The average molecular weight is 346 g/mol. The largest absolute Gasteiger partial charge is 0.496 e. The predicted molar refractivity (Wildman–Crippen MR) is 76.4 cm³/mol. The summed E-state index contributed by atoms with van der Waals surface area (Å²) in [5.74, 6) is -2.29. The predicted octanol–water partition coefficient (Wildman–Crippen LogP) is -0.0186. The molecule has 1 saturated heterocycles. The molecular formula is C13H15FN2O6S. The van der Waals surface area contributed by atoms with Crippen molar-refractivity contribution in [1.29, 1.82) is 0 Å². The molecule has 2 rings (SSSR count). The third kappa shape index (κ3) is 3.27. The van der Waals surface area contributed by atoms with Gasteiger partial charge in [0.25, 0.3) is 5.91 Å². The summed E-state index contributed by atoms with van der Waals surface area (Å²) in [6.07, 6.45) is -0.342. The van der Waals surface area contributed by atoms with E-state index < -0.39 is 34.1 Å². The zero-order valence-corrected chi connectivity index (χ0v) is 13.0. The van der Waals surface area contributed by atoms with Crippen LogP contribution < -0.4 is 9.88 Å². The van der Waals surface area contributed by atoms with Crippen molar-refractivity contribution < 1.29 is 32.2 Å². The second-order valence-corrected chi connectivity index (χ2v) is 6.72. The van der Waals surface area contributed by atoms with Gasteiger partial charge in [0, 0.05) is 13.0 Å². The zero-order valence-electron chi connectivity index (χ0n) is 12.2. The SMILES string of the molecule is COc1ccc(S(N)(=O)=O)cc1C(=O)N1CCC(F)(C(=O)O)C1. The van der Waals surface area contributed by atoms with E-state index in [0.717, 1.165) is 11.0 Å². The van der Waals surface area contributed by atoms with E-state index in [0.29, 0.717) is 0 Å². The van der Waals surface area contributed by atoms with Crippen molar-refractivity contribution in [3.8, 4) is 5.75 Å². The van der Waals surface area contributed by atoms with Crippen LogP contribution in [0.15, 0.2) is 23.1 Å². The highest BCUT2D eigenvalue weighted by Gasteiger charge is 2.47. The van der Waals surface area contributed by atoms with E-state index in [1.165, 1.54) is 19.2 Å². The molecule has 1 fully saturated rings. The van der Waals surface area contributed by atoms with E-state index in [1.807, 2.05) is 0 Å². The number of halogens is 1.